The van der Waals surface area contributed by atoms with E-state index in [4.69, 9.17) is 11.6 Å². The molecule has 2 unspecified atom stereocenters. The van der Waals surface area contributed by atoms with E-state index in [0.29, 0.717) is 17.0 Å². The van der Waals surface area contributed by atoms with Crippen LogP contribution in [0.3, 0.4) is 0 Å². The van der Waals surface area contributed by atoms with Crippen LogP contribution < -0.4 is 9.62 Å². The van der Waals surface area contributed by atoms with Crippen molar-refractivity contribution >= 4 is 39.1 Å². The fourth-order valence-corrected chi connectivity index (χ4v) is 5.35. The first-order valence-corrected chi connectivity index (χ1v) is 14.4. The number of nitrogens with one attached hydrogen (secondary N) is 1. The maximum Gasteiger partial charge on any atom is 0.264 e. The van der Waals surface area contributed by atoms with E-state index >= 15 is 0 Å². The number of amides is 2. The number of sulfonamides is 1. The maximum atomic E-state index is 13.8. The van der Waals surface area contributed by atoms with E-state index in [9.17, 15) is 22.4 Å². The molecular formula is C29H33ClFN3O4S. The SMILES string of the molecule is CCC(C)NC(=O)C(C)N(Cc1ccc(F)cc1)C(=O)CN(c1ccc(Cl)cc1)S(=O)(=O)c1ccc(C)cc1. The van der Waals surface area contributed by atoms with Crippen molar-refractivity contribution in [1.29, 1.82) is 0 Å². The number of rotatable bonds is 11. The number of benzene rings is 3. The third-order valence-corrected chi connectivity index (χ3v) is 8.48. The molecule has 0 radical (unpaired) electrons. The number of aryl methyl sites for hydroxylation is 1. The fraction of sp³-hybridized carbons (Fsp3) is 0.310. The molecule has 0 aliphatic heterocycles. The highest BCUT2D eigenvalue weighted by Crippen LogP contribution is 2.26. The van der Waals surface area contributed by atoms with E-state index in [-0.39, 0.29) is 29.1 Å². The molecule has 0 aliphatic rings. The van der Waals surface area contributed by atoms with Gasteiger partial charge in [-0.05, 0) is 81.3 Å². The van der Waals surface area contributed by atoms with Gasteiger partial charge in [0.25, 0.3) is 10.0 Å². The molecule has 0 bridgehead atoms. The van der Waals surface area contributed by atoms with Crippen molar-refractivity contribution in [2.24, 2.45) is 0 Å². The third kappa shape index (κ3) is 7.80. The van der Waals surface area contributed by atoms with Crippen molar-refractivity contribution in [1.82, 2.24) is 10.2 Å². The summed E-state index contributed by atoms with van der Waals surface area (Å²) < 4.78 is 42.1. The van der Waals surface area contributed by atoms with Crippen molar-refractivity contribution in [3.8, 4) is 0 Å². The van der Waals surface area contributed by atoms with Gasteiger partial charge in [0.05, 0.1) is 10.6 Å². The van der Waals surface area contributed by atoms with Gasteiger partial charge in [-0.1, -0.05) is 48.4 Å². The first-order valence-electron chi connectivity index (χ1n) is 12.6. The molecule has 0 heterocycles. The molecule has 10 heteroatoms. The van der Waals surface area contributed by atoms with Gasteiger partial charge in [-0.15, -0.1) is 0 Å². The lowest BCUT2D eigenvalue weighted by Gasteiger charge is -2.32. The minimum absolute atomic E-state index is 0.0171. The van der Waals surface area contributed by atoms with E-state index in [1.807, 2.05) is 20.8 Å². The molecule has 1 N–H and O–H groups in total. The summed E-state index contributed by atoms with van der Waals surface area (Å²) >= 11 is 6.04. The highest BCUT2D eigenvalue weighted by Gasteiger charge is 2.32. The van der Waals surface area contributed by atoms with Crippen LogP contribution in [0.25, 0.3) is 0 Å². The van der Waals surface area contributed by atoms with Crippen LogP contribution >= 0.6 is 11.6 Å². The Hall–Kier alpha value is -3.43. The topological polar surface area (TPSA) is 86.8 Å². The van der Waals surface area contributed by atoms with E-state index in [1.54, 1.807) is 19.1 Å². The molecule has 7 nitrogen and oxygen atoms in total. The largest absolute Gasteiger partial charge is 0.352 e. The predicted octanol–water partition coefficient (Wildman–Crippen LogP) is 5.31. The van der Waals surface area contributed by atoms with Gasteiger partial charge in [-0.3, -0.25) is 13.9 Å². The summed E-state index contributed by atoms with van der Waals surface area (Å²) in [6.07, 6.45) is 0.698. The van der Waals surface area contributed by atoms with Gasteiger partial charge < -0.3 is 10.2 Å². The maximum absolute atomic E-state index is 13.8. The van der Waals surface area contributed by atoms with Gasteiger partial charge in [0.2, 0.25) is 11.8 Å². The van der Waals surface area contributed by atoms with Crippen LogP contribution in [0.1, 0.15) is 38.3 Å². The Morgan fingerprint density at radius 2 is 1.54 bits per heavy atom. The number of carbonyl (C=O) groups excluding carboxylic acids is 2. The summed E-state index contributed by atoms with van der Waals surface area (Å²) in [5, 5.41) is 3.28. The molecule has 0 saturated carbocycles. The Balaban J connectivity index is 2.01. The second-order valence-corrected chi connectivity index (χ2v) is 11.7. The first-order chi connectivity index (χ1) is 18.4. The Morgan fingerprint density at radius 1 is 0.949 bits per heavy atom. The zero-order valence-corrected chi connectivity index (χ0v) is 24.0. The van der Waals surface area contributed by atoms with Gasteiger partial charge in [-0.25, -0.2) is 12.8 Å². The standard InChI is InChI=1S/C29H33ClFN3O4S/c1-5-21(3)32-29(36)22(4)33(18-23-8-12-25(31)13-9-23)28(35)19-34(26-14-10-24(30)11-15-26)39(37,38)27-16-6-20(2)7-17-27/h6-17,21-22H,5,18-19H2,1-4H3,(H,32,36). The van der Waals surface area contributed by atoms with Crippen LogP contribution in [-0.2, 0) is 26.2 Å². The van der Waals surface area contributed by atoms with Crippen LogP contribution in [0.5, 0.6) is 0 Å². The summed E-state index contributed by atoms with van der Waals surface area (Å²) in [5.41, 5.74) is 1.72. The molecule has 0 aliphatic carbocycles. The van der Waals surface area contributed by atoms with Gasteiger partial charge in [0.15, 0.2) is 0 Å². The predicted molar refractivity (Wildman–Crippen MR) is 151 cm³/mol. The lowest BCUT2D eigenvalue weighted by molar-refractivity contribution is -0.139. The molecular weight excluding hydrogens is 541 g/mol. The summed E-state index contributed by atoms with van der Waals surface area (Å²) in [7, 11) is -4.17. The minimum atomic E-state index is -4.17. The molecule has 2 atom stereocenters. The van der Waals surface area contributed by atoms with E-state index in [2.05, 4.69) is 5.32 Å². The van der Waals surface area contributed by atoms with E-state index < -0.39 is 34.3 Å². The van der Waals surface area contributed by atoms with Crippen molar-refractivity contribution in [2.75, 3.05) is 10.8 Å². The van der Waals surface area contributed by atoms with E-state index in [1.165, 1.54) is 65.6 Å². The normalized spacial score (nSPS) is 12.9. The Morgan fingerprint density at radius 3 is 2.10 bits per heavy atom. The monoisotopic (exact) mass is 573 g/mol. The second kappa shape index (κ2) is 13.1. The molecule has 208 valence electrons. The molecule has 2 amide bonds. The van der Waals surface area contributed by atoms with Crippen molar-refractivity contribution in [3.05, 3.63) is 94.8 Å². The molecule has 0 aromatic heterocycles. The molecule has 39 heavy (non-hydrogen) atoms. The highest BCUT2D eigenvalue weighted by molar-refractivity contribution is 7.92. The molecule has 0 fully saturated rings. The summed E-state index contributed by atoms with van der Waals surface area (Å²) in [6, 6.07) is 17.0. The quantitative estimate of drug-likeness (QED) is 0.337. The van der Waals surface area contributed by atoms with Gasteiger partial charge in [-0.2, -0.15) is 0 Å². The fourth-order valence-electron chi connectivity index (χ4n) is 3.81. The zero-order chi connectivity index (χ0) is 28.7. The minimum Gasteiger partial charge on any atom is -0.352 e. The molecule has 3 aromatic rings. The number of carbonyl (C=O) groups is 2. The van der Waals surface area contributed by atoms with Crippen LogP contribution in [0.4, 0.5) is 10.1 Å². The van der Waals surface area contributed by atoms with Crippen molar-refractivity contribution < 1.29 is 22.4 Å². The van der Waals surface area contributed by atoms with Crippen LogP contribution in [0.15, 0.2) is 77.7 Å². The Kier molecular flexibility index (Phi) is 10.1. The lowest BCUT2D eigenvalue weighted by atomic mass is 10.1. The first kappa shape index (κ1) is 30.1. The van der Waals surface area contributed by atoms with Gasteiger partial charge in [0, 0.05) is 17.6 Å². The third-order valence-electron chi connectivity index (χ3n) is 6.44. The molecule has 3 rings (SSSR count). The summed E-state index contributed by atoms with van der Waals surface area (Å²) in [6.45, 7) is 6.62. The molecule has 0 spiro atoms. The van der Waals surface area contributed by atoms with Crippen molar-refractivity contribution in [2.45, 2.75) is 57.6 Å². The second-order valence-electron chi connectivity index (χ2n) is 9.44. The van der Waals surface area contributed by atoms with Crippen LogP contribution in [0.2, 0.25) is 5.02 Å². The average Bonchev–Trinajstić information content (AvgIpc) is 2.91. The molecule has 3 aromatic carbocycles. The average molecular weight is 574 g/mol. The lowest BCUT2D eigenvalue weighted by Crippen LogP contribution is -2.52. The Bertz CT molecular complexity index is 1380. The number of nitrogens with zero attached hydrogens (tertiary/aromatic N) is 2. The molecule has 0 saturated heterocycles. The van der Waals surface area contributed by atoms with Crippen LogP contribution in [0, 0.1) is 12.7 Å². The number of hydrogen-bond donors (Lipinski definition) is 1. The van der Waals surface area contributed by atoms with Crippen LogP contribution in [-0.4, -0.2) is 43.8 Å². The van der Waals surface area contributed by atoms with Gasteiger partial charge in [0.1, 0.15) is 18.4 Å². The Labute approximate surface area is 234 Å². The number of anilines is 1. The number of halogens is 2. The highest BCUT2D eigenvalue weighted by atomic mass is 35.5. The summed E-state index contributed by atoms with van der Waals surface area (Å²) in [4.78, 5) is 28.2. The zero-order valence-electron chi connectivity index (χ0n) is 22.4. The van der Waals surface area contributed by atoms with E-state index in [0.717, 1.165) is 9.87 Å². The van der Waals surface area contributed by atoms with Gasteiger partial charge >= 0.3 is 0 Å². The number of hydrogen-bond acceptors (Lipinski definition) is 4. The summed E-state index contributed by atoms with van der Waals surface area (Å²) in [5.74, 6) is -1.41. The van der Waals surface area contributed by atoms with Crippen molar-refractivity contribution in [3.63, 3.8) is 0 Å². The smallest absolute Gasteiger partial charge is 0.264 e.